The molecular formula is C19H17F3N2O4S. The van der Waals surface area contributed by atoms with Gasteiger partial charge in [0.2, 0.25) is 5.91 Å². The third kappa shape index (κ3) is 5.67. The zero-order valence-corrected chi connectivity index (χ0v) is 16.2. The van der Waals surface area contributed by atoms with Gasteiger partial charge in [-0.3, -0.25) is 9.59 Å². The molecule has 0 aliphatic carbocycles. The largest absolute Gasteiger partial charge is 0.478 e. The van der Waals surface area contributed by atoms with Gasteiger partial charge in [0, 0.05) is 22.7 Å². The highest BCUT2D eigenvalue weighted by Crippen LogP contribution is 2.35. The summed E-state index contributed by atoms with van der Waals surface area (Å²) < 4.78 is 38.6. The van der Waals surface area contributed by atoms with E-state index in [2.05, 4.69) is 10.6 Å². The molecule has 0 fully saturated rings. The summed E-state index contributed by atoms with van der Waals surface area (Å²) in [6.45, 7) is 3.54. The van der Waals surface area contributed by atoms with Crippen LogP contribution in [0.25, 0.3) is 0 Å². The number of halogens is 3. The number of carbonyl (C=O) groups excluding carboxylic acids is 2. The Kier molecular flexibility index (Phi) is 6.80. The molecule has 2 amide bonds. The van der Waals surface area contributed by atoms with Crippen LogP contribution in [0.4, 0.5) is 23.9 Å². The first-order valence-corrected chi connectivity index (χ1v) is 9.17. The number of carboxylic acids is 1. The minimum atomic E-state index is -4.55. The molecule has 2 rings (SSSR count). The van der Waals surface area contributed by atoms with Crippen molar-refractivity contribution in [2.75, 3.05) is 10.6 Å². The average Bonchev–Trinajstić information content (AvgIpc) is 2.94. The molecule has 0 aliphatic heterocycles. The van der Waals surface area contributed by atoms with Gasteiger partial charge in [-0.25, -0.2) is 4.79 Å². The van der Waals surface area contributed by atoms with Gasteiger partial charge in [0.25, 0.3) is 5.91 Å². The van der Waals surface area contributed by atoms with E-state index in [9.17, 15) is 27.6 Å². The molecule has 154 valence electrons. The van der Waals surface area contributed by atoms with E-state index in [1.54, 1.807) is 13.8 Å². The van der Waals surface area contributed by atoms with E-state index in [1.807, 2.05) is 0 Å². The zero-order chi connectivity index (χ0) is 21.8. The van der Waals surface area contributed by atoms with Crippen LogP contribution < -0.4 is 10.6 Å². The lowest BCUT2D eigenvalue weighted by atomic mass is 10.1. The Morgan fingerprint density at radius 2 is 1.86 bits per heavy atom. The van der Waals surface area contributed by atoms with Gasteiger partial charge < -0.3 is 15.7 Å². The van der Waals surface area contributed by atoms with Crippen molar-refractivity contribution in [1.29, 1.82) is 0 Å². The average molecular weight is 426 g/mol. The van der Waals surface area contributed by atoms with Crippen LogP contribution >= 0.6 is 11.3 Å². The maximum Gasteiger partial charge on any atom is 0.416 e. The minimum Gasteiger partial charge on any atom is -0.478 e. The molecular weight excluding hydrogens is 409 g/mol. The molecule has 0 saturated carbocycles. The zero-order valence-electron chi connectivity index (χ0n) is 15.4. The van der Waals surface area contributed by atoms with Gasteiger partial charge in [-0.1, -0.05) is 13.0 Å². The number of amides is 2. The fraction of sp³-hybridized carbons (Fsp3) is 0.211. The van der Waals surface area contributed by atoms with Crippen molar-refractivity contribution in [2.45, 2.75) is 26.4 Å². The number of carboxylic acid groups (broad SMARTS) is 1. The summed E-state index contributed by atoms with van der Waals surface area (Å²) in [5, 5.41) is 13.7. The number of thiophene rings is 1. The Labute approximate surface area is 168 Å². The lowest BCUT2D eigenvalue weighted by molar-refractivity contribution is -0.137. The summed E-state index contributed by atoms with van der Waals surface area (Å²) in [4.78, 5) is 36.0. The van der Waals surface area contributed by atoms with Crippen molar-refractivity contribution < 1.29 is 32.7 Å². The molecule has 10 heteroatoms. The van der Waals surface area contributed by atoms with E-state index in [1.165, 1.54) is 12.1 Å². The molecule has 0 aliphatic rings. The van der Waals surface area contributed by atoms with Gasteiger partial charge in [-0.05, 0) is 37.1 Å². The number of rotatable bonds is 6. The molecule has 0 radical (unpaired) electrons. The molecule has 1 heterocycles. The first-order chi connectivity index (χ1) is 13.5. The number of nitrogens with one attached hydrogen (secondary N) is 2. The smallest absolute Gasteiger partial charge is 0.416 e. The number of aliphatic carboxylic acids is 1. The summed E-state index contributed by atoms with van der Waals surface area (Å²) in [5.74, 6) is -2.73. The normalized spacial score (nSPS) is 11.5. The molecule has 6 nitrogen and oxygen atoms in total. The maximum absolute atomic E-state index is 12.9. The van der Waals surface area contributed by atoms with Crippen LogP contribution in [-0.2, 0) is 22.2 Å². The number of hydrogen-bond acceptors (Lipinski definition) is 4. The Morgan fingerprint density at radius 1 is 1.17 bits per heavy atom. The molecule has 3 N–H and O–H groups in total. The third-order valence-electron chi connectivity index (χ3n) is 3.85. The standard InChI is InChI=1S/C19H17F3N2O4S/c1-3-13-10(2)29-18(24-14(25)7-8-15(26)27)16(13)17(28)23-12-6-4-5-11(9-12)19(20,21)22/h4-9H,3H2,1-2H3,(H,23,28)(H,24,25)(H,26,27). The number of carbonyl (C=O) groups is 3. The second-order valence-corrected chi connectivity index (χ2v) is 7.11. The topological polar surface area (TPSA) is 95.5 Å². The summed E-state index contributed by atoms with van der Waals surface area (Å²) in [7, 11) is 0. The molecule has 2 aromatic rings. The highest BCUT2D eigenvalue weighted by Gasteiger charge is 2.30. The van der Waals surface area contributed by atoms with Gasteiger partial charge in [-0.2, -0.15) is 13.2 Å². The van der Waals surface area contributed by atoms with Gasteiger partial charge in [0.1, 0.15) is 5.00 Å². The van der Waals surface area contributed by atoms with Crippen molar-refractivity contribution in [3.05, 3.63) is 58.0 Å². The predicted molar refractivity (Wildman–Crippen MR) is 103 cm³/mol. The lowest BCUT2D eigenvalue weighted by Crippen LogP contribution is -2.17. The molecule has 1 aromatic heterocycles. The fourth-order valence-electron chi connectivity index (χ4n) is 2.60. The van der Waals surface area contributed by atoms with Crippen molar-refractivity contribution in [3.63, 3.8) is 0 Å². The Bertz CT molecular complexity index is 980. The van der Waals surface area contributed by atoms with Crippen LogP contribution in [0.1, 0.15) is 33.3 Å². The summed E-state index contributed by atoms with van der Waals surface area (Å²) >= 11 is 1.12. The molecule has 0 unspecified atom stereocenters. The van der Waals surface area contributed by atoms with Crippen LogP contribution in [0, 0.1) is 6.92 Å². The van der Waals surface area contributed by atoms with Crippen LogP contribution in [0.3, 0.4) is 0 Å². The fourth-order valence-corrected chi connectivity index (χ4v) is 3.75. The van der Waals surface area contributed by atoms with E-state index >= 15 is 0 Å². The highest BCUT2D eigenvalue weighted by atomic mass is 32.1. The highest BCUT2D eigenvalue weighted by molar-refractivity contribution is 7.16. The van der Waals surface area contributed by atoms with Gasteiger partial charge >= 0.3 is 12.1 Å². The van der Waals surface area contributed by atoms with Gasteiger partial charge in [0.15, 0.2) is 0 Å². The molecule has 0 spiro atoms. The van der Waals surface area contributed by atoms with Crippen molar-refractivity contribution >= 4 is 39.8 Å². The lowest BCUT2D eigenvalue weighted by Gasteiger charge is -2.11. The Morgan fingerprint density at radius 3 is 2.45 bits per heavy atom. The first kappa shape index (κ1) is 22.2. The Balaban J connectivity index is 2.34. The molecule has 0 bridgehead atoms. The summed E-state index contributed by atoms with van der Waals surface area (Å²) in [5.41, 5.74) is -0.180. The first-order valence-electron chi connectivity index (χ1n) is 8.35. The van der Waals surface area contributed by atoms with Gasteiger partial charge in [0.05, 0.1) is 11.1 Å². The quantitative estimate of drug-likeness (QED) is 0.594. The SMILES string of the molecule is CCc1c(C)sc(NC(=O)C=CC(=O)O)c1C(=O)Nc1cccc(C(F)(F)F)c1. The molecule has 29 heavy (non-hydrogen) atoms. The maximum atomic E-state index is 12.9. The summed E-state index contributed by atoms with van der Waals surface area (Å²) in [6.07, 6.45) is -2.64. The number of aryl methyl sites for hydroxylation is 1. The van der Waals surface area contributed by atoms with E-state index in [0.717, 1.165) is 34.4 Å². The number of hydrogen-bond donors (Lipinski definition) is 3. The molecule has 1 aromatic carbocycles. The van der Waals surface area contributed by atoms with Crippen LogP contribution in [-0.4, -0.2) is 22.9 Å². The van der Waals surface area contributed by atoms with Crippen molar-refractivity contribution in [3.8, 4) is 0 Å². The van der Waals surface area contributed by atoms with Gasteiger partial charge in [-0.15, -0.1) is 11.3 Å². The Hall–Kier alpha value is -3.14. The van der Waals surface area contributed by atoms with E-state index in [-0.39, 0.29) is 16.3 Å². The molecule has 0 saturated heterocycles. The second-order valence-electron chi connectivity index (χ2n) is 5.89. The minimum absolute atomic E-state index is 0.0428. The summed E-state index contributed by atoms with van der Waals surface area (Å²) in [6, 6.07) is 4.21. The predicted octanol–water partition coefficient (Wildman–Crippen LogP) is 4.47. The van der Waals surface area contributed by atoms with Crippen molar-refractivity contribution in [1.82, 2.24) is 0 Å². The van der Waals surface area contributed by atoms with Crippen LogP contribution in [0.2, 0.25) is 0 Å². The monoisotopic (exact) mass is 426 g/mol. The second kappa shape index (κ2) is 8.91. The van der Waals surface area contributed by atoms with E-state index < -0.39 is 29.5 Å². The van der Waals surface area contributed by atoms with Crippen LogP contribution in [0.5, 0.6) is 0 Å². The number of anilines is 2. The number of alkyl halides is 3. The number of benzene rings is 1. The van der Waals surface area contributed by atoms with E-state index in [4.69, 9.17) is 5.11 Å². The third-order valence-corrected chi connectivity index (χ3v) is 4.91. The van der Waals surface area contributed by atoms with Crippen molar-refractivity contribution in [2.24, 2.45) is 0 Å². The van der Waals surface area contributed by atoms with E-state index in [0.29, 0.717) is 18.1 Å². The molecule has 0 atom stereocenters. The van der Waals surface area contributed by atoms with Crippen LogP contribution in [0.15, 0.2) is 36.4 Å².